The van der Waals surface area contributed by atoms with Crippen LogP contribution in [-0.4, -0.2) is 94.0 Å². The standard InChI is InChI=1S/C21H33N7O8/c22-13(2-1-7-25-21(23)24)17(32)27-15(9-29)19(34)26-14(8-11-3-5-12(31)6-4-11)18(33)28-16(10-30)20(35)36/h3-6,13-16,29-31H,1-2,7-10,22H2,(H,26,34)(H,27,32)(H,28,33)(H,35,36)(H4,23,24,25). The van der Waals surface area contributed by atoms with Crippen molar-refractivity contribution < 1.29 is 39.6 Å². The number of hydrogen-bond donors (Lipinski definition) is 10. The predicted octanol–water partition coefficient (Wildman–Crippen LogP) is -4.16. The van der Waals surface area contributed by atoms with Crippen LogP contribution in [-0.2, 0) is 25.6 Å². The Morgan fingerprint density at radius 1 is 0.861 bits per heavy atom. The number of carboxylic acid groups (broad SMARTS) is 1. The number of guanidine groups is 1. The molecule has 4 atom stereocenters. The number of aromatic hydroxyl groups is 1. The summed E-state index contributed by atoms with van der Waals surface area (Å²) in [7, 11) is 0. The number of phenols is 1. The fourth-order valence-electron chi connectivity index (χ4n) is 2.93. The van der Waals surface area contributed by atoms with Gasteiger partial charge >= 0.3 is 5.97 Å². The van der Waals surface area contributed by atoms with Crippen molar-refractivity contribution in [3.8, 4) is 5.75 Å². The van der Waals surface area contributed by atoms with Gasteiger partial charge in [0.2, 0.25) is 17.7 Å². The van der Waals surface area contributed by atoms with Crippen molar-refractivity contribution in [2.45, 2.75) is 43.4 Å². The monoisotopic (exact) mass is 511 g/mol. The third-order valence-electron chi connectivity index (χ3n) is 4.93. The van der Waals surface area contributed by atoms with Crippen LogP contribution in [0.3, 0.4) is 0 Å². The van der Waals surface area contributed by atoms with Crippen LogP contribution in [0.15, 0.2) is 29.3 Å². The largest absolute Gasteiger partial charge is 0.508 e. The second-order valence-electron chi connectivity index (χ2n) is 7.81. The molecule has 1 aromatic carbocycles. The number of rotatable bonds is 15. The van der Waals surface area contributed by atoms with Crippen LogP contribution < -0.4 is 33.2 Å². The lowest BCUT2D eigenvalue weighted by molar-refractivity contribution is -0.143. The van der Waals surface area contributed by atoms with E-state index in [-0.39, 0.29) is 31.1 Å². The number of benzene rings is 1. The van der Waals surface area contributed by atoms with E-state index in [1.807, 2.05) is 0 Å². The topological polar surface area (TPSA) is 276 Å². The number of aliphatic hydroxyl groups excluding tert-OH is 2. The molecule has 0 aliphatic rings. The first-order valence-electron chi connectivity index (χ1n) is 10.9. The molecule has 0 spiro atoms. The third kappa shape index (κ3) is 10.5. The summed E-state index contributed by atoms with van der Waals surface area (Å²) in [6.45, 7) is -1.47. The van der Waals surface area contributed by atoms with E-state index in [1.165, 1.54) is 24.3 Å². The molecule has 3 amide bonds. The summed E-state index contributed by atoms with van der Waals surface area (Å²) in [4.78, 5) is 52.7. The summed E-state index contributed by atoms with van der Waals surface area (Å²) in [6, 6.07) is 0.194. The number of nitrogens with one attached hydrogen (secondary N) is 3. The van der Waals surface area contributed by atoms with E-state index in [0.717, 1.165) is 0 Å². The fraction of sp³-hybridized carbons (Fsp3) is 0.476. The van der Waals surface area contributed by atoms with Crippen molar-refractivity contribution in [1.82, 2.24) is 16.0 Å². The van der Waals surface area contributed by atoms with Crippen LogP contribution in [0, 0.1) is 0 Å². The molecule has 0 heterocycles. The van der Waals surface area contributed by atoms with Gasteiger partial charge in [-0.25, -0.2) is 4.79 Å². The summed E-state index contributed by atoms with van der Waals surface area (Å²) in [5, 5.41) is 44.1. The molecule has 0 saturated heterocycles. The molecule has 4 unspecified atom stereocenters. The normalized spacial score (nSPS) is 14.0. The van der Waals surface area contributed by atoms with Gasteiger partial charge in [-0.1, -0.05) is 12.1 Å². The molecule has 200 valence electrons. The lowest BCUT2D eigenvalue weighted by Gasteiger charge is -2.24. The smallest absolute Gasteiger partial charge is 0.328 e. The van der Waals surface area contributed by atoms with E-state index in [2.05, 4.69) is 20.9 Å². The summed E-state index contributed by atoms with van der Waals surface area (Å²) >= 11 is 0. The van der Waals surface area contributed by atoms with Crippen molar-refractivity contribution in [1.29, 1.82) is 0 Å². The molecule has 1 aromatic rings. The van der Waals surface area contributed by atoms with Gasteiger partial charge in [0.1, 0.15) is 23.9 Å². The molecule has 36 heavy (non-hydrogen) atoms. The molecule has 15 nitrogen and oxygen atoms in total. The lowest BCUT2D eigenvalue weighted by Crippen LogP contribution is -2.58. The number of aliphatic imine (C=N–C) groups is 1. The van der Waals surface area contributed by atoms with Gasteiger partial charge in [-0.2, -0.15) is 0 Å². The van der Waals surface area contributed by atoms with E-state index in [4.69, 9.17) is 22.3 Å². The molecular weight excluding hydrogens is 478 g/mol. The van der Waals surface area contributed by atoms with Gasteiger partial charge in [0.25, 0.3) is 0 Å². The van der Waals surface area contributed by atoms with Crippen LogP contribution in [0.2, 0.25) is 0 Å². The Hall–Kier alpha value is -3.95. The number of nitrogens with two attached hydrogens (primary N) is 3. The zero-order valence-corrected chi connectivity index (χ0v) is 19.5. The van der Waals surface area contributed by atoms with Crippen molar-refractivity contribution in [2.24, 2.45) is 22.2 Å². The fourth-order valence-corrected chi connectivity index (χ4v) is 2.93. The molecule has 13 N–H and O–H groups in total. The van der Waals surface area contributed by atoms with Crippen LogP contribution in [0.25, 0.3) is 0 Å². The van der Waals surface area contributed by atoms with Crippen molar-refractivity contribution in [2.75, 3.05) is 19.8 Å². The number of carbonyl (C=O) groups is 4. The number of phenolic OH excluding ortho intramolecular Hbond substituents is 1. The average Bonchev–Trinajstić information content (AvgIpc) is 2.83. The van der Waals surface area contributed by atoms with E-state index >= 15 is 0 Å². The van der Waals surface area contributed by atoms with Gasteiger partial charge < -0.3 is 53.6 Å². The first-order chi connectivity index (χ1) is 17.0. The zero-order chi connectivity index (χ0) is 27.3. The second-order valence-corrected chi connectivity index (χ2v) is 7.81. The summed E-state index contributed by atoms with van der Waals surface area (Å²) in [5.41, 5.74) is 16.7. The highest BCUT2D eigenvalue weighted by Gasteiger charge is 2.30. The van der Waals surface area contributed by atoms with Crippen molar-refractivity contribution >= 4 is 29.7 Å². The van der Waals surface area contributed by atoms with Crippen LogP contribution in [0.1, 0.15) is 18.4 Å². The molecule has 0 radical (unpaired) electrons. The number of aliphatic carboxylic acids is 1. The summed E-state index contributed by atoms with van der Waals surface area (Å²) in [5.74, 6) is -4.24. The molecule has 0 fully saturated rings. The molecule has 0 saturated carbocycles. The Morgan fingerprint density at radius 2 is 1.39 bits per heavy atom. The zero-order valence-electron chi connectivity index (χ0n) is 19.5. The van der Waals surface area contributed by atoms with Gasteiger partial charge in [0, 0.05) is 13.0 Å². The quantitative estimate of drug-likeness (QED) is 0.0612. The van der Waals surface area contributed by atoms with Gasteiger partial charge in [-0.15, -0.1) is 0 Å². The van der Waals surface area contributed by atoms with Gasteiger partial charge in [0.05, 0.1) is 19.3 Å². The average molecular weight is 512 g/mol. The van der Waals surface area contributed by atoms with E-state index < -0.39 is 61.1 Å². The van der Waals surface area contributed by atoms with Crippen molar-refractivity contribution in [3.63, 3.8) is 0 Å². The lowest BCUT2D eigenvalue weighted by atomic mass is 10.0. The van der Waals surface area contributed by atoms with E-state index in [9.17, 15) is 34.5 Å². The molecule has 0 aliphatic carbocycles. The highest BCUT2D eigenvalue weighted by molar-refractivity contribution is 5.94. The van der Waals surface area contributed by atoms with E-state index in [1.54, 1.807) is 0 Å². The van der Waals surface area contributed by atoms with Crippen LogP contribution >= 0.6 is 0 Å². The Balaban J connectivity index is 2.90. The maximum Gasteiger partial charge on any atom is 0.328 e. The molecule has 0 aliphatic heterocycles. The second kappa shape index (κ2) is 15.1. The number of aliphatic hydroxyl groups is 2. The summed E-state index contributed by atoms with van der Waals surface area (Å²) < 4.78 is 0. The van der Waals surface area contributed by atoms with Crippen LogP contribution in [0.4, 0.5) is 0 Å². The maximum atomic E-state index is 12.8. The number of carbonyl (C=O) groups excluding carboxylic acids is 3. The predicted molar refractivity (Wildman–Crippen MR) is 127 cm³/mol. The number of carboxylic acids is 1. The Kier molecular flexibility index (Phi) is 12.6. The van der Waals surface area contributed by atoms with Gasteiger partial charge in [-0.3, -0.25) is 19.4 Å². The van der Waals surface area contributed by atoms with Gasteiger partial charge in [0.15, 0.2) is 5.96 Å². The first-order valence-corrected chi connectivity index (χ1v) is 10.9. The minimum absolute atomic E-state index is 0.0345. The highest BCUT2D eigenvalue weighted by atomic mass is 16.4. The molecule has 1 rings (SSSR count). The minimum atomic E-state index is -1.62. The Bertz CT molecular complexity index is 921. The van der Waals surface area contributed by atoms with E-state index in [0.29, 0.717) is 12.0 Å². The SMILES string of the molecule is NC(N)=NCCCC(N)C(=O)NC(CO)C(=O)NC(Cc1ccc(O)cc1)C(=O)NC(CO)C(=O)O. The highest BCUT2D eigenvalue weighted by Crippen LogP contribution is 2.12. The molecule has 15 heteroatoms. The van der Waals surface area contributed by atoms with Gasteiger partial charge in [-0.05, 0) is 30.5 Å². The van der Waals surface area contributed by atoms with Crippen LogP contribution in [0.5, 0.6) is 5.75 Å². The Labute approximate surface area is 206 Å². The number of amides is 3. The Morgan fingerprint density at radius 3 is 1.92 bits per heavy atom. The molecule has 0 aromatic heterocycles. The summed E-state index contributed by atoms with van der Waals surface area (Å²) in [6.07, 6.45) is 0.435. The molecule has 0 bridgehead atoms. The van der Waals surface area contributed by atoms with Crippen molar-refractivity contribution in [3.05, 3.63) is 29.8 Å². The molecular formula is C21H33N7O8. The third-order valence-corrected chi connectivity index (χ3v) is 4.93. The number of hydrogen-bond acceptors (Lipinski definition) is 9. The maximum absolute atomic E-state index is 12.8. The minimum Gasteiger partial charge on any atom is -0.508 e. The number of nitrogens with zero attached hydrogens (tertiary/aromatic N) is 1. The first kappa shape index (κ1) is 30.1.